The number of carbonyl (C=O) groups excluding carboxylic acids is 1. The third-order valence-electron chi connectivity index (χ3n) is 2.64. The first-order chi connectivity index (χ1) is 10.1. The molecule has 0 saturated carbocycles. The summed E-state index contributed by atoms with van der Waals surface area (Å²) >= 11 is 0. The molecule has 0 fully saturated rings. The summed E-state index contributed by atoms with van der Waals surface area (Å²) < 4.78 is 5.56. The molecule has 0 bridgehead atoms. The Kier molecular flexibility index (Phi) is 4.87. The zero-order chi connectivity index (χ0) is 15.1. The second-order valence-electron chi connectivity index (χ2n) is 4.25. The smallest absolute Gasteiger partial charge is 0.322 e. The first-order valence-corrected chi connectivity index (χ1v) is 6.27. The van der Waals surface area contributed by atoms with Gasteiger partial charge in [0.25, 0.3) is 5.91 Å². The van der Waals surface area contributed by atoms with Crippen LogP contribution >= 0.6 is 0 Å². The van der Waals surface area contributed by atoms with Crippen molar-refractivity contribution in [3.8, 4) is 5.75 Å². The molecule has 6 nitrogen and oxygen atoms in total. The molecule has 0 aliphatic carbocycles. The Bertz CT molecular complexity index is 611. The lowest BCUT2D eigenvalue weighted by atomic mass is 10.2. The fraction of sp³-hybridized carbons (Fsp3) is 0.133. The molecule has 0 saturated heterocycles. The number of aliphatic carboxylic acids is 1. The zero-order valence-corrected chi connectivity index (χ0v) is 11.2. The zero-order valence-electron chi connectivity index (χ0n) is 11.2. The highest BCUT2D eigenvalue weighted by molar-refractivity contribution is 5.95. The van der Waals surface area contributed by atoms with E-state index in [1.54, 1.807) is 36.7 Å². The minimum Gasteiger partial charge on any atom is -0.489 e. The van der Waals surface area contributed by atoms with E-state index in [0.717, 1.165) is 5.56 Å². The summed E-state index contributed by atoms with van der Waals surface area (Å²) in [6.45, 7) is -0.0174. The minimum atomic E-state index is -1.08. The molecule has 0 aliphatic heterocycles. The van der Waals surface area contributed by atoms with Gasteiger partial charge in [-0.05, 0) is 30.3 Å². The molecular weight excluding hydrogens is 272 g/mol. The van der Waals surface area contributed by atoms with Crippen molar-refractivity contribution in [2.45, 2.75) is 6.61 Å². The van der Waals surface area contributed by atoms with Crippen LogP contribution in [0.5, 0.6) is 5.75 Å². The number of ether oxygens (including phenoxy) is 1. The molecule has 2 rings (SSSR count). The largest absolute Gasteiger partial charge is 0.489 e. The number of hydrogen-bond donors (Lipinski definition) is 2. The maximum absolute atomic E-state index is 11.6. The van der Waals surface area contributed by atoms with Crippen molar-refractivity contribution in [1.29, 1.82) is 0 Å². The van der Waals surface area contributed by atoms with Gasteiger partial charge >= 0.3 is 5.97 Å². The molecule has 2 aromatic rings. The Morgan fingerprint density at radius 2 is 1.95 bits per heavy atom. The Labute approximate surface area is 121 Å². The maximum Gasteiger partial charge on any atom is 0.322 e. The van der Waals surface area contributed by atoms with E-state index >= 15 is 0 Å². The molecule has 2 N–H and O–H groups in total. The third kappa shape index (κ3) is 4.61. The predicted molar refractivity (Wildman–Crippen MR) is 75.0 cm³/mol. The normalized spacial score (nSPS) is 9.90. The number of hydrogen-bond acceptors (Lipinski definition) is 4. The number of carboxylic acid groups (broad SMARTS) is 1. The Hall–Kier alpha value is -2.89. The first kappa shape index (κ1) is 14.5. The summed E-state index contributed by atoms with van der Waals surface area (Å²) in [4.78, 5) is 26.0. The molecule has 0 spiro atoms. The number of rotatable bonds is 6. The van der Waals surface area contributed by atoms with E-state index in [1.807, 2.05) is 12.1 Å². The van der Waals surface area contributed by atoms with Gasteiger partial charge in [-0.25, -0.2) is 0 Å². The molecule has 1 heterocycles. The van der Waals surface area contributed by atoms with Gasteiger partial charge in [0.1, 0.15) is 18.9 Å². The Morgan fingerprint density at radius 3 is 2.57 bits per heavy atom. The van der Waals surface area contributed by atoms with Gasteiger partial charge in [-0.15, -0.1) is 0 Å². The molecule has 1 amide bonds. The van der Waals surface area contributed by atoms with Crippen molar-refractivity contribution in [3.05, 3.63) is 59.9 Å². The van der Waals surface area contributed by atoms with Gasteiger partial charge in [0.05, 0.1) is 0 Å². The molecule has 0 atom stereocenters. The highest BCUT2D eigenvalue weighted by atomic mass is 16.5. The van der Waals surface area contributed by atoms with Crippen molar-refractivity contribution in [2.24, 2.45) is 0 Å². The number of benzene rings is 1. The summed E-state index contributed by atoms with van der Waals surface area (Å²) in [7, 11) is 0. The van der Waals surface area contributed by atoms with Crippen LogP contribution in [0.1, 0.15) is 15.9 Å². The fourth-order valence-electron chi connectivity index (χ4n) is 1.61. The number of aromatic nitrogens is 1. The quantitative estimate of drug-likeness (QED) is 0.839. The van der Waals surface area contributed by atoms with E-state index < -0.39 is 18.4 Å². The van der Waals surface area contributed by atoms with Crippen LogP contribution in [0, 0.1) is 0 Å². The van der Waals surface area contributed by atoms with Gasteiger partial charge in [0, 0.05) is 23.5 Å². The number of carboxylic acids is 1. The summed E-state index contributed by atoms with van der Waals surface area (Å²) in [5, 5.41) is 10.8. The van der Waals surface area contributed by atoms with Crippen molar-refractivity contribution >= 4 is 11.9 Å². The molecule has 0 aliphatic rings. The van der Waals surface area contributed by atoms with Crippen LogP contribution in [0.2, 0.25) is 0 Å². The SMILES string of the molecule is O=C(O)CNC(=O)c1ccc(OCc2cccnc2)cc1. The van der Waals surface area contributed by atoms with Crippen LogP contribution in [0.3, 0.4) is 0 Å². The first-order valence-electron chi connectivity index (χ1n) is 6.27. The van der Waals surface area contributed by atoms with Crippen LogP contribution in [0.15, 0.2) is 48.8 Å². The van der Waals surface area contributed by atoms with Crippen LogP contribution in [-0.2, 0) is 11.4 Å². The van der Waals surface area contributed by atoms with Crippen molar-refractivity contribution in [2.75, 3.05) is 6.54 Å². The maximum atomic E-state index is 11.6. The van der Waals surface area contributed by atoms with Gasteiger partial charge in [-0.1, -0.05) is 6.07 Å². The van der Waals surface area contributed by atoms with Gasteiger partial charge in [0.2, 0.25) is 0 Å². The van der Waals surface area contributed by atoms with Crippen LogP contribution in [0.4, 0.5) is 0 Å². The van der Waals surface area contributed by atoms with E-state index in [-0.39, 0.29) is 0 Å². The number of pyridine rings is 1. The summed E-state index contributed by atoms with van der Waals surface area (Å²) in [6, 6.07) is 10.2. The van der Waals surface area contributed by atoms with Crippen molar-refractivity contribution < 1.29 is 19.4 Å². The lowest BCUT2D eigenvalue weighted by Gasteiger charge is -2.07. The molecule has 1 aromatic heterocycles. The highest BCUT2D eigenvalue weighted by Gasteiger charge is 2.07. The molecular formula is C15H14N2O4. The van der Waals surface area contributed by atoms with E-state index in [4.69, 9.17) is 9.84 Å². The number of carbonyl (C=O) groups is 2. The lowest BCUT2D eigenvalue weighted by Crippen LogP contribution is -2.29. The van der Waals surface area contributed by atoms with Gasteiger partial charge in [-0.3, -0.25) is 14.6 Å². The molecule has 108 valence electrons. The lowest BCUT2D eigenvalue weighted by molar-refractivity contribution is -0.135. The molecule has 0 unspecified atom stereocenters. The van der Waals surface area contributed by atoms with E-state index in [0.29, 0.717) is 17.9 Å². The standard InChI is InChI=1S/C15H14N2O4/c18-14(19)9-17-15(20)12-3-5-13(6-4-12)21-10-11-2-1-7-16-8-11/h1-8H,9-10H2,(H,17,20)(H,18,19). The molecule has 1 aromatic carbocycles. The Balaban J connectivity index is 1.89. The average molecular weight is 286 g/mol. The average Bonchev–Trinajstić information content (AvgIpc) is 2.52. The summed E-state index contributed by atoms with van der Waals surface area (Å²) in [5.41, 5.74) is 1.32. The number of amides is 1. The summed E-state index contributed by atoms with van der Waals surface area (Å²) in [5.74, 6) is -0.898. The fourth-order valence-corrected chi connectivity index (χ4v) is 1.61. The van der Waals surface area contributed by atoms with Gasteiger partial charge in [-0.2, -0.15) is 0 Å². The number of nitrogens with one attached hydrogen (secondary N) is 1. The third-order valence-corrected chi connectivity index (χ3v) is 2.64. The van der Waals surface area contributed by atoms with Crippen LogP contribution in [0.25, 0.3) is 0 Å². The Morgan fingerprint density at radius 1 is 1.19 bits per heavy atom. The second kappa shape index (κ2) is 7.04. The second-order valence-corrected chi connectivity index (χ2v) is 4.25. The van der Waals surface area contributed by atoms with Crippen molar-refractivity contribution in [1.82, 2.24) is 10.3 Å². The van der Waals surface area contributed by atoms with E-state index in [2.05, 4.69) is 10.3 Å². The topological polar surface area (TPSA) is 88.5 Å². The predicted octanol–water partition coefficient (Wildman–Crippen LogP) is 1.47. The van der Waals surface area contributed by atoms with E-state index in [9.17, 15) is 9.59 Å². The van der Waals surface area contributed by atoms with Gasteiger partial charge < -0.3 is 15.2 Å². The highest BCUT2D eigenvalue weighted by Crippen LogP contribution is 2.14. The summed E-state index contributed by atoms with van der Waals surface area (Å²) in [6.07, 6.45) is 3.40. The van der Waals surface area contributed by atoms with Crippen molar-refractivity contribution in [3.63, 3.8) is 0 Å². The van der Waals surface area contributed by atoms with Gasteiger partial charge in [0.15, 0.2) is 0 Å². The van der Waals surface area contributed by atoms with Crippen LogP contribution < -0.4 is 10.1 Å². The van der Waals surface area contributed by atoms with Crippen LogP contribution in [-0.4, -0.2) is 28.5 Å². The monoisotopic (exact) mass is 286 g/mol. The molecule has 21 heavy (non-hydrogen) atoms. The molecule has 0 radical (unpaired) electrons. The molecule has 6 heteroatoms. The van der Waals surface area contributed by atoms with E-state index in [1.165, 1.54) is 0 Å². The minimum absolute atomic E-state index is 0.380. The number of nitrogens with zero attached hydrogens (tertiary/aromatic N) is 1.